The zero-order valence-electron chi connectivity index (χ0n) is 18.6. The quantitative estimate of drug-likeness (QED) is 0.297. The minimum Gasteiger partial charge on any atom is -0.467 e. The molecule has 28 heavy (non-hydrogen) atoms. The zero-order valence-corrected chi connectivity index (χ0v) is 18.6. The number of amides is 1. The minimum absolute atomic E-state index is 0.125. The molecule has 0 bridgehead atoms. The highest BCUT2D eigenvalue weighted by Gasteiger charge is 2.25. The third-order valence-corrected chi connectivity index (χ3v) is 4.44. The number of unbranched alkanes of at least 4 members (excludes halogenated alkanes) is 2. The molecule has 0 aliphatic carbocycles. The van der Waals surface area contributed by atoms with Gasteiger partial charge in [-0.05, 0) is 52.9 Å². The van der Waals surface area contributed by atoms with Gasteiger partial charge in [0, 0.05) is 6.92 Å². The van der Waals surface area contributed by atoms with Gasteiger partial charge in [-0.25, -0.2) is 9.59 Å². The molecule has 1 amide bonds. The van der Waals surface area contributed by atoms with Crippen LogP contribution in [0.15, 0.2) is 0 Å². The SMILES string of the molecule is CCCC[C@H](CCCC[C@H](NC(=O)OC(C)(C)C)C(=O)OC)[C@H](C)OC(C)=O. The van der Waals surface area contributed by atoms with Crippen molar-refractivity contribution < 1.29 is 28.6 Å². The van der Waals surface area contributed by atoms with Crippen LogP contribution in [-0.2, 0) is 23.8 Å². The average Bonchev–Trinajstić information content (AvgIpc) is 2.56. The van der Waals surface area contributed by atoms with Gasteiger partial charge in [0.15, 0.2) is 0 Å². The van der Waals surface area contributed by atoms with Crippen molar-refractivity contribution in [3.8, 4) is 0 Å². The molecule has 0 heterocycles. The second kappa shape index (κ2) is 13.4. The number of hydrogen-bond acceptors (Lipinski definition) is 6. The number of nitrogens with one attached hydrogen (secondary N) is 1. The first-order valence-electron chi connectivity index (χ1n) is 10.2. The van der Waals surface area contributed by atoms with Gasteiger partial charge >= 0.3 is 18.0 Å². The second-order valence-electron chi connectivity index (χ2n) is 8.22. The monoisotopic (exact) mass is 401 g/mol. The Morgan fingerprint density at radius 3 is 2.07 bits per heavy atom. The molecular formula is C21H39NO6. The van der Waals surface area contributed by atoms with Crippen molar-refractivity contribution in [1.29, 1.82) is 0 Å². The maximum absolute atomic E-state index is 12.0. The van der Waals surface area contributed by atoms with E-state index in [4.69, 9.17) is 14.2 Å². The lowest BCUT2D eigenvalue weighted by Gasteiger charge is -2.24. The molecule has 7 heteroatoms. The first-order valence-corrected chi connectivity index (χ1v) is 10.2. The van der Waals surface area contributed by atoms with E-state index in [1.807, 2.05) is 6.92 Å². The van der Waals surface area contributed by atoms with Crippen LogP contribution in [0.5, 0.6) is 0 Å². The first-order chi connectivity index (χ1) is 13.0. The van der Waals surface area contributed by atoms with Gasteiger partial charge in [0.25, 0.3) is 0 Å². The number of hydrogen-bond donors (Lipinski definition) is 1. The molecule has 0 saturated carbocycles. The van der Waals surface area contributed by atoms with Crippen molar-refractivity contribution >= 4 is 18.0 Å². The molecule has 0 rings (SSSR count). The Balaban J connectivity index is 4.60. The van der Waals surface area contributed by atoms with E-state index >= 15 is 0 Å². The van der Waals surface area contributed by atoms with Gasteiger partial charge in [0.2, 0.25) is 0 Å². The molecule has 0 fully saturated rings. The van der Waals surface area contributed by atoms with Crippen LogP contribution in [0.4, 0.5) is 4.79 Å². The molecule has 0 spiro atoms. The van der Waals surface area contributed by atoms with E-state index in [0.717, 1.165) is 38.5 Å². The van der Waals surface area contributed by atoms with Gasteiger partial charge < -0.3 is 19.5 Å². The Hall–Kier alpha value is -1.79. The fourth-order valence-corrected chi connectivity index (χ4v) is 3.03. The zero-order chi connectivity index (χ0) is 21.7. The molecule has 0 radical (unpaired) electrons. The number of rotatable bonds is 12. The molecule has 0 aromatic carbocycles. The molecule has 0 aliphatic rings. The largest absolute Gasteiger partial charge is 0.467 e. The molecule has 0 saturated heterocycles. The van der Waals surface area contributed by atoms with Crippen LogP contribution in [0.2, 0.25) is 0 Å². The number of esters is 2. The summed E-state index contributed by atoms with van der Waals surface area (Å²) in [6.45, 7) is 10.8. The number of carbonyl (C=O) groups is 3. The summed E-state index contributed by atoms with van der Waals surface area (Å²) in [5, 5.41) is 2.59. The molecular weight excluding hydrogens is 362 g/mol. The van der Waals surface area contributed by atoms with Crippen LogP contribution in [0.1, 0.15) is 86.5 Å². The maximum atomic E-state index is 12.0. The van der Waals surface area contributed by atoms with E-state index in [0.29, 0.717) is 12.3 Å². The highest BCUT2D eigenvalue weighted by molar-refractivity contribution is 5.81. The minimum atomic E-state index is -0.736. The lowest BCUT2D eigenvalue weighted by atomic mass is 9.90. The molecule has 3 atom stereocenters. The fourth-order valence-electron chi connectivity index (χ4n) is 3.03. The summed E-state index contributed by atoms with van der Waals surface area (Å²) in [5.74, 6) is -0.456. The van der Waals surface area contributed by atoms with Crippen LogP contribution in [-0.4, -0.2) is 42.9 Å². The van der Waals surface area contributed by atoms with E-state index in [1.54, 1.807) is 20.8 Å². The predicted molar refractivity (Wildman–Crippen MR) is 108 cm³/mol. The van der Waals surface area contributed by atoms with Crippen molar-refractivity contribution in [1.82, 2.24) is 5.32 Å². The Morgan fingerprint density at radius 1 is 1.00 bits per heavy atom. The standard InChI is InChI=1S/C21H39NO6/c1-8-9-12-17(15(2)27-16(3)23)13-10-11-14-18(19(24)26-7)22-20(25)28-21(4,5)6/h15,17-18H,8-14H2,1-7H3,(H,22,25)/t15-,17+,18-/m0/s1. The van der Waals surface area contributed by atoms with E-state index < -0.39 is 23.7 Å². The van der Waals surface area contributed by atoms with Crippen molar-refractivity contribution in [2.24, 2.45) is 5.92 Å². The van der Waals surface area contributed by atoms with Crippen molar-refractivity contribution in [3.05, 3.63) is 0 Å². The molecule has 0 aromatic heterocycles. The maximum Gasteiger partial charge on any atom is 0.408 e. The van der Waals surface area contributed by atoms with Crippen LogP contribution in [0.25, 0.3) is 0 Å². The Kier molecular flexibility index (Phi) is 12.5. The lowest BCUT2D eigenvalue weighted by molar-refractivity contribution is -0.148. The summed E-state index contributed by atoms with van der Waals surface area (Å²) < 4.78 is 15.4. The van der Waals surface area contributed by atoms with Gasteiger partial charge in [-0.3, -0.25) is 4.79 Å². The van der Waals surface area contributed by atoms with Crippen LogP contribution in [0, 0.1) is 5.92 Å². The average molecular weight is 402 g/mol. The topological polar surface area (TPSA) is 90.9 Å². The molecule has 7 nitrogen and oxygen atoms in total. The number of alkyl carbamates (subject to hydrolysis) is 1. The van der Waals surface area contributed by atoms with Gasteiger partial charge in [-0.2, -0.15) is 0 Å². The third-order valence-electron chi connectivity index (χ3n) is 4.44. The number of carbonyl (C=O) groups excluding carboxylic acids is 3. The van der Waals surface area contributed by atoms with Crippen molar-refractivity contribution in [2.75, 3.05) is 7.11 Å². The molecule has 0 unspecified atom stereocenters. The van der Waals surface area contributed by atoms with Gasteiger partial charge in [0.05, 0.1) is 7.11 Å². The van der Waals surface area contributed by atoms with Gasteiger partial charge in [0.1, 0.15) is 17.7 Å². The summed E-state index contributed by atoms with van der Waals surface area (Å²) in [5.41, 5.74) is -0.635. The van der Waals surface area contributed by atoms with E-state index in [-0.39, 0.29) is 12.1 Å². The van der Waals surface area contributed by atoms with Crippen LogP contribution in [0.3, 0.4) is 0 Å². The highest BCUT2D eigenvalue weighted by Crippen LogP contribution is 2.23. The van der Waals surface area contributed by atoms with E-state index in [9.17, 15) is 14.4 Å². The fraction of sp³-hybridized carbons (Fsp3) is 0.857. The summed E-state index contributed by atoms with van der Waals surface area (Å²) in [6, 6.07) is -0.736. The van der Waals surface area contributed by atoms with Gasteiger partial charge in [-0.15, -0.1) is 0 Å². The lowest BCUT2D eigenvalue weighted by Crippen LogP contribution is -2.44. The van der Waals surface area contributed by atoms with E-state index in [1.165, 1.54) is 14.0 Å². The molecule has 0 aliphatic heterocycles. The third kappa shape index (κ3) is 12.6. The van der Waals surface area contributed by atoms with Crippen molar-refractivity contribution in [2.45, 2.75) is 104 Å². The van der Waals surface area contributed by atoms with Crippen LogP contribution < -0.4 is 5.32 Å². The smallest absolute Gasteiger partial charge is 0.408 e. The normalized spacial score (nSPS) is 14.5. The Bertz CT molecular complexity index is 486. The van der Waals surface area contributed by atoms with Crippen molar-refractivity contribution in [3.63, 3.8) is 0 Å². The predicted octanol–water partition coefficient (Wildman–Crippen LogP) is 4.37. The summed E-state index contributed by atoms with van der Waals surface area (Å²) in [4.78, 5) is 35.1. The number of methoxy groups -OCH3 is 1. The molecule has 1 N–H and O–H groups in total. The Labute approximate surface area is 169 Å². The van der Waals surface area contributed by atoms with Crippen LogP contribution >= 0.6 is 0 Å². The summed E-state index contributed by atoms with van der Waals surface area (Å²) in [6.07, 6.45) is 5.39. The molecule has 164 valence electrons. The Morgan fingerprint density at radius 2 is 1.57 bits per heavy atom. The first kappa shape index (κ1) is 26.2. The summed E-state index contributed by atoms with van der Waals surface area (Å²) >= 11 is 0. The summed E-state index contributed by atoms with van der Waals surface area (Å²) in [7, 11) is 1.30. The molecule has 0 aromatic rings. The van der Waals surface area contributed by atoms with Gasteiger partial charge in [-0.1, -0.05) is 32.6 Å². The second-order valence-corrected chi connectivity index (χ2v) is 8.22. The number of ether oxygens (including phenoxy) is 3. The van der Waals surface area contributed by atoms with E-state index in [2.05, 4.69) is 12.2 Å². The highest BCUT2D eigenvalue weighted by atomic mass is 16.6.